The number of aryl methyl sites for hydroxylation is 2. The van der Waals surface area contributed by atoms with Crippen LogP contribution in [0.25, 0.3) is 0 Å². The standard InChI is InChI=1S/C27H36N2O4S/c1-19-15-26(33-4)16-20(2)27(19)34(31,32)28(3)12-11-25(30)18-21-5-6-22-9-13-29(24-7-8-24)14-10-23(22)17-21/h5-6,15-17,24H,7-14,18H2,1-4H3. The Bertz CT molecular complexity index is 1150. The van der Waals surface area contributed by atoms with Crippen LogP contribution in [-0.4, -0.2) is 63.2 Å². The molecule has 1 heterocycles. The van der Waals surface area contributed by atoms with Gasteiger partial charge in [0.25, 0.3) is 0 Å². The zero-order valence-corrected chi connectivity index (χ0v) is 21.6. The van der Waals surface area contributed by atoms with Gasteiger partial charge in [0.15, 0.2) is 0 Å². The predicted molar refractivity (Wildman–Crippen MR) is 134 cm³/mol. The molecule has 1 aliphatic carbocycles. The topological polar surface area (TPSA) is 66.9 Å². The van der Waals surface area contributed by atoms with Gasteiger partial charge in [0.05, 0.1) is 12.0 Å². The fraction of sp³-hybridized carbons (Fsp3) is 0.519. The normalized spacial score (nSPS) is 16.9. The van der Waals surface area contributed by atoms with E-state index >= 15 is 0 Å². The largest absolute Gasteiger partial charge is 0.497 e. The van der Waals surface area contributed by atoms with Gasteiger partial charge in [0.2, 0.25) is 10.0 Å². The number of carbonyl (C=O) groups is 1. The Balaban J connectivity index is 1.36. The molecule has 184 valence electrons. The molecule has 2 aliphatic rings. The number of ketones is 1. The molecule has 2 aromatic carbocycles. The van der Waals surface area contributed by atoms with Crippen molar-refractivity contribution >= 4 is 15.8 Å². The highest BCUT2D eigenvalue weighted by molar-refractivity contribution is 7.89. The van der Waals surface area contributed by atoms with Gasteiger partial charge in [-0.2, -0.15) is 0 Å². The van der Waals surface area contributed by atoms with Gasteiger partial charge < -0.3 is 4.74 Å². The molecule has 0 amide bonds. The Labute approximate surface area is 204 Å². The lowest BCUT2D eigenvalue weighted by Crippen LogP contribution is -2.30. The fourth-order valence-corrected chi connectivity index (χ4v) is 6.60. The van der Waals surface area contributed by atoms with Crippen molar-refractivity contribution in [3.05, 3.63) is 58.1 Å². The van der Waals surface area contributed by atoms with Crippen LogP contribution in [0.2, 0.25) is 0 Å². The average molecular weight is 485 g/mol. The quantitative estimate of drug-likeness (QED) is 0.543. The maximum absolute atomic E-state index is 13.2. The second-order valence-corrected chi connectivity index (χ2v) is 11.7. The van der Waals surface area contributed by atoms with Crippen molar-refractivity contribution in [1.29, 1.82) is 0 Å². The third kappa shape index (κ3) is 5.53. The summed E-state index contributed by atoms with van der Waals surface area (Å²) >= 11 is 0. The molecule has 0 N–H and O–H groups in total. The van der Waals surface area contributed by atoms with Crippen LogP contribution >= 0.6 is 0 Å². The van der Waals surface area contributed by atoms with E-state index in [1.807, 2.05) is 0 Å². The van der Waals surface area contributed by atoms with Crippen molar-refractivity contribution in [3.8, 4) is 5.75 Å². The van der Waals surface area contributed by atoms with E-state index in [0.717, 1.165) is 37.5 Å². The summed E-state index contributed by atoms with van der Waals surface area (Å²) in [6, 6.07) is 10.7. The Morgan fingerprint density at radius 2 is 1.71 bits per heavy atom. The van der Waals surface area contributed by atoms with Crippen molar-refractivity contribution < 1.29 is 17.9 Å². The van der Waals surface area contributed by atoms with Crippen molar-refractivity contribution in [2.45, 2.75) is 63.3 Å². The molecule has 4 rings (SSSR count). The lowest BCUT2D eigenvalue weighted by molar-refractivity contribution is -0.118. The molecule has 0 spiro atoms. The Morgan fingerprint density at radius 3 is 2.32 bits per heavy atom. The minimum absolute atomic E-state index is 0.0541. The molecule has 0 aromatic heterocycles. The third-order valence-electron chi connectivity index (χ3n) is 7.12. The molecule has 1 fully saturated rings. The van der Waals surface area contributed by atoms with Gasteiger partial charge in [-0.25, -0.2) is 12.7 Å². The molecule has 34 heavy (non-hydrogen) atoms. The Hall–Kier alpha value is -2.22. The summed E-state index contributed by atoms with van der Waals surface area (Å²) in [7, 11) is -0.592. The summed E-state index contributed by atoms with van der Waals surface area (Å²) in [6.45, 7) is 5.92. The summed E-state index contributed by atoms with van der Waals surface area (Å²) < 4.78 is 32.9. The van der Waals surface area contributed by atoms with Gasteiger partial charge in [0.1, 0.15) is 11.5 Å². The van der Waals surface area contributed by atoms with Crippen molar-refractivity contribution in [3.63, 3.8) is 0 Å². The van der Waals surface area contributed by atoms with E-state index in [1.165, 1.54) is 28.3 Å². The maximum Gasteiger partial charge on any atom is 0.243 e. The van der Waals surface area contributed by atoms with Crippen molar-refractivity contribution in [2.24, 2.45) is 0 Å². The summed E-state index contributed by atoms with van der Waals surface area (Å²) in [5.74, 6) is 0.686. The van der Waals surface area contributed by atoms with E-state index in [9.17, 15) is 13.2 Å². The number of methoxy groups -OCH3 is 1. The number of fused-ring (bicyclic) bond motifs is 1. The molecule has 0 atom stereocenters. The summed E-state index contributed by atoms with van der Waals surface area (Å²) in [6.07, 6.45) is 5.31. The van der Waals surface area contributed by atoms with Gasteiger partial charge in [0, 0.05) is 45.6 Å². The molecule has 0 unspecified atom stereocenters. The summed E-state index contributed by atoms with van der Waals surface area (Å²) in [5.41, 5.74) is 5.06. The van der Waals surface area contributed by atoms with Crippen LogP contribution in [0.3, 0.4) is 0 Å². The van der Waals surface area contributed by atoms with E-state index in [0.29, 0.717) is 23.3 Å². The maximum atomic E-state index is 13.2. The lowest BCUT2D eigenvalue weighted by Gasteiger charge is -2.20. The van der Waals surface area contributed by atoms with Gasteiger partial charge >= 0.3 is 0 Å². The average Bonchev–Trinajstić information content (AvgIpc) is 3.63. The van der Waals surface area contributed by atoms with Gasteiger partial charge in [-0.05, 0) is 79.5 Å². The molecule has 0 bridgehead atoms. The van der Waals surface area contributed by atoms with Crippen LogP contribution in [0.15, 0.2) is 35.2 Å². The first-order valence-corrected chi connectivity index (χ1v) is 13.6. The van der Waals surface area contributed by atoms with Crippen LogP contribution in [-0.2, 0) is 34.1 Å². The first-order chi connectivity index (χ1) is 16.2. The number of carbonyl (C=O) groups excluding carboxylic acids is 1. The zero-order chi connectivity index (χ0) is 24.5. The molecular formula is C27H36N2O4S. The molecule has 0 saturated heterocycles. The first kappa shape index (κ1) is 24.9. The summed E-state index contributed by atoms with van der Waals surface area (Å²) in [4.78, 5) is 15.6. The second-order valence-electron chi connectivity index (χ2n) is 9.75. The highest BCUT2D eigenvalue weighted by Crippen LogP contribution is 2.30. The number of hydrogen-bond donors (Lipinski definition) is 0. The number of nitrogens with zero attached hydrogens (tertiary/aromatic N) is 2. The number of ether oxygens (including phenoxy) is 1. The smallest absolute Gasteiger partial charge is 0.243 e. The predicted octanol–water partition coefficient (Wildman–Crippen LogP) is 3.70. The summed E-state index contributed by atoms with van der Waals surface area (Å²) in [5, 5.41) is 0. The number of benzene rings is 2. The van der Waals surface area contributed by atoms with E-state index in [-0.39, 0.29) is 23.6 Å². The monoisotopic (exact) mass is 484 g/mol. The Morgan fingerprint density at radius 1 is 1.06 bits per heavy atom. The molecule has 6 nitrogen and oxygen atoms in total. The fourth-order valence-electron chi connectivity index (χ4n) is 5.02. The molecule has 2 aromatic rings. The second kappa shape index (κ2) is 10.2. The molecule has 1 saturated carbocycles. The Kier molecular flexibility index (Phi) is 7.45. The van der Waals surface area contributed by atoms with E-state index in [4.69, 9.17) is 4.74 Å². The SMILES string of the molecule is COc1cc(C)c(S(=O)(=O)N(C)CCC(=O)Cc2ccc3c(c2)CCN(C2CC2)CC3)c(C)c1. The van der Waals surface area contributed by atoms with Crippen LogP contribution in [0, 0.1) is 13.8 Å². The highest BCUT2D eigenvalue weighted by atomic mass is 32.2. The van der Waals surface area contributed by atoms with Crippen LogP contribution in [0.1, 0.15) is 47.1 Å². The molecule has 1 aliphatic heterocycles. The lowest BCUT2D eigenvalue weighted by atomic mass is 9.97. The molecule has 0 radical (unpaired) electrons. The van der Waals surface area contributed by atoms with Crippen molar-refractivity contribution in [1.82, 2.24) is 9.21 Å². The first-order valence-electron chi connectivity index (χ1n) is 12.2. The van der Waals surface area contributed by atoms with Gasteiger partial charge in [-0.1, -0.05) is 18.2 Å². The van der Waals surface area contributed by atoms with E-state index < -0.39 is 10.0 Å². The molecule has 7 heteroatoms. The number of rotatable bonds is 9. The molecular weight excluding hydrogens is 448 g/mol. The third-order valence-corrected chi connectivity index (χ3v) is 9.28. The van der Waals surface area contributed by atoms with Crippen LogP contribution in [0.4, 0.5) is 0 Å². The number of hydrogen-bond acceptors (Lipinski definition) is 5. The minimum atomic E-state index is -3.70. The van der Waals surface area contributed by atoms with Crippen molar-refractivity contribution in [2.75, 3.05) is 33.8 Å². The van der Waals surface area contributed by atoms with Crippen LogP contribution < -0.4 is 4.74 Å². The van der Waals surface area contributed by atoms with Gasteiger partial charge in [-0.3, -0.25) is 9.69 Å². The van der Waals surface area contributed by atoms with E-state index in [2.05, 4.69) is 23.1 Å². The zero-order valence-electron chi connectivity index (χ0n) is 20.8. The van der Waals surface area contributed by atoms with E-state index in [1.54, 1.807) is 40.1 Å². The van der Waals surface area contributed by atoms with Crippen LogP contribution in [0.5, 0.6) is 5.75 Å². The number of Topliss-reactive ketones (excluding diaryl/α,β-unsaturated/α-hetero) is 1. The highest BCUT2D eigenvalue weighted by Gasteiger charge is 2.30. The van der Waals surface area contributed by atoms with Gasteiger partial charge in [-0.15, -0.1) is 0 Å². The number of sulfonamides is 1. The minimum Gasteiger partial charge on any atom is -0.497 e.